The Bertz CT molecular complexity index is 764. The first-order valence-corrected chi connectivity index (χ1v) is 7.19. The number of fused-ring (bicyclic) bond motifs is 1. The van der Waals surface area contributed by atoms with Gasteiger partial charge in [-0.1, -0.05) is 6.07 Å². The van der Waals surface area contributed by atoms with Crippen LogP contribution in [0.4, 0.5) is 5.82 Å². The summed E-state index contributed by atoms with van der Waals surface area (Å²) in [6.07, 6.45) is 3.65. The summed E-state index contributed by atoms with van der Waals surface area (Å²) in [7, 11) is 2.00. The lowest BCUT2D eigenvalue weighted by Crippen LogP contribution is -2.01. The van der Waals surface area contributed by atoms with Crippen molar-refractivity contribution in [3.63, 3.8) is 0 Å². The van der Waals surface area contributed by atoms with E-state index < -0.39 is 0 Å². The number of hydrogen-bond acceptors (Lipinski definition) is 3. The average molecular weight is 331 g/mol. The lowest BCUT2D eigenvalue weighted by Gasteiger charge is -2.07. The molecule has 0 amide bonds. The monoisotopic (exact) mass is 330 g/mol. The fraction of sp³-hybridized carbons (Fsp3) is 0.200. The number of anilines is 1. The van der Waals surface area contributed by atoms with Gasteiger partial charge in [0.05, 0.1) is 17.4 Å². The standard InChI is InChI=1S/C15H15BrN4/c1-10-5-15(18-8-12(10)16)17-7-11-3-4-14-13(6-11)19-9-20(14)2/h3-6,8-9H,7H2,1-2H3,(H,17,18). The van der Waals surface area contributed by atoms with Crippen molar-refractivity contribution >= 4 is 32.8 Å². The number of aryl methyl sites for hydroxylation is 2. The summed E-state index contributed by atoms with van der Waals surface area (Å²) in [4.78, 5) is 8.72. The Kier molecular flexibility index (Phi) is 3.44. The van der Waals surface area contributed by atoms with Gasteiger partial charge >= 0.3 is 0 Å². The molecule has 3 aromatic rings. The van der Waals surface area contributed by atoms with Gasteiger partial charge in [-0.2, -0.15) is 0 Å². The number of nitrogens with one attached hydrogen (secondary N) is 1. The van der Waals surface area contributed by atoms with Gasteiger partial charge in [0.15, 0.2) is 0 Å². The molecule has 1 N–H and O–H groups in total. The van der Waals surface area contributed by atoms with Gasteiger partial charge in [0.25, 0.3) is 0 Å². The highest BCUT2D eigenvalue weighted by atomic mass is 79.9. The molecule has 0 aliphatic rings. The second-order valence-electron chi connectivity index (χ2n) is 4.85. The van der Waals surface area contributed by atoms with Gasteiger partial charge in [-0.3, -0.25) is 0 Å². The van der Waals surface area contributed by atoms with Gasteiger partial charge in [-0.15, -0.1) is 0 Å². The van der Waals surface area contributed by atoms with Crippen LogP contribution in [0.3, 0.4) is 0 Å². The molecule has 2 aromatic heterocycles. The highest BCUT2D eigenvalue weighted by Crippen LogP contribution is 2.18. The van der Waals surface area contributed by atoms with Crippen molar-refractivity contribution in [2.24, 2.45) is 7.05 Å². The Morgan fingerprint density at radius 1 is 1.25 bits per heavy atom. The fourth-order valence-corrected chi connectivity index (χ4v) is 2.34. The maximum Gasteiger partial charge on any atom is 0.126 e. The van der Waals surface area contributed by atoms with Crippen LogP contribution in [0, 0.1) is 6.92 Å². The number of rotatable bonds is 3. The number of pyridine rings is 1. The van der Waals surface area contributed by atoms with E-state index in [-0.39, 0.29) is 0 Å². The molecule has 0 fully saturated rings. The van der Waals surface area contributed by atoms with E-state index in [2.05, 4.69) is 56.3 Å². The summed E-state index contributed by atoms with van der Waals surface area (Å²) in [5.74, 6) is 0.881. The van der Waals surface area contributed by atoms with E-state index in [0.29, 0.717) is 0 Å². The molecule has 0 saturated heterocycles. The molecule has 0 spiro atoms. The van der Waals surface area contributed by atoms with E-state index in [0.717, 1.165) is 27.9 Å². The average Bonchev–Trinajstić information content (AvgIpc) is 2.81. The molecule has 102 valence electrons. The van der Waals surface area contributed by atoms with E-state index in [1.165, 1.54) is 11.1 Å². The maximum absolute atomic E-state index is 4.37. The van der Waals surface area contributed by atoms with Crippen LogP contribution in [-0.4, -0.2) is 14.5 Å². The molecule has 0 atom stereocenters. The Labute approximate surface area is 126 Å². The second-order valence-corrected chi connectivity index (χ2v) is 5.71. The predicted octanol–water partition coefficient (Wildman–Crippen LogP) is 3.65. The molecule has 4 nitrogen and oxygen atoms in total. The molecule has 5 heteroatoms. The summed E-state index contributed by atoms with van der Waals surface area (Å²) in [5, 5.41) is 3.33. The first-order valence-electron chi connectivity index (χ1n) is 6.39. The highest BCUT2D eigenvalue weighted by Gasteiger charge is 2.02. The van der Waals surface area contributed by atoms with Crippen LogP contribution < -0.4 is 5.32 Å². The van der Waals surface area contributed by atoms with Crippen LogP contribution in [0.5, 0.6) is 0 Å². The Hall–Kier alpha value is -1.88. The Morgan fingerprint density at radius 2 is 2.10 bits per heavy atom. The lowest BCUT2D eigenvalue weighted by atomic mass is 10.2. The molecule has 0 radical (unpaired) electrons. The van der Waals surface area contributed by atoms with Crippen molar-refractivity contribution in [3.8, 4) is 0 Å². The minimum absolute atomic E-state index is 0.737. The van der Waals surface area contributed by atoms with E-state index in [1.54, 1.807) is 0 Å². The van der Waals surface area contributed by atoms with Crippen LogP contribution >= 0.6 is 15.9 Å². The number of benzene rings is 1. The summed E-state index contributed by atoms with van der Waals surface area (Å²) >= 11 is 3.45. The van der Waals surface area contributed by atoms with Crippen molar-refractivity contribution in [2.75, 3.05) is 5.32 Å². The fourth-order valence-electron chi connectivity index (χ4n) is 2.12. The molecule has 2 heterocycles. The van der Waals surface area contributed by atoms with Crippen LogP contribution in [-0.2, 0) is 13.6 Å². The van der Waals surface area contributed by atoms with Gasteiger partial charge < -0.3 is 9.88 Å². The smallest absolute Gasteiger partial charge is 0.126 e. The summed E-state index contributed by atoms with van der Waals surface area (Å²) in [5.41, 5.74) is 4.53. The van der Waals surface area contributed by atoms with E-state index >= 15 is 0 Å². The largest absolute Gasteiger partial charge is 0.366 e. The quantitative estimate of drug-likeness (QED) is 0.797. The molecule has 0 unspecified atom stereocenters. The van der Waals surface area contributed by atoms with Gasteiger partial charge in [-0.05, 0) is 52.2 Å². The Balaban J connectivity index is 1.77. The summed E-state index contributed by atoms with van der Waals surface area (Å²) in [6.45, 7) is 2.79. The number of imidazole rings is 1. The summed E-state index contributed by atoms with van der Waals surface area (Å²) in [6, 6.07) is 8.35. The predicted molar refractivity (Wildman–Crippen MR) is 84.7 cm³/mol. The Morgan fingerprint density at radius 3 is 2.90 bits per heavy atom. The molecule has 1 aromatic carbocycles. The molecular weight excluding hydrogens is 316 g/mol. The zero-order valence-corrected chi connectivity index (χ0v) is 13.0. The molecule has 0 aliphatic carbocycles. The van der Waals surface area contributed by atoms with Gasteiger partial charge in [0.1, 0.15) is 5.82 Å². The topological polar surface area (TPSA) is 42.7 Å². The highest BCUT2D eigenvalue weighted by molar-refractivity contribution is 9.10. The zero-order chi connectivity index (χ0) is 14.1. The molecule has 0 saturated carbocycles. The van der Waals surface area contributed by atoms with Crippen molar-refractivity contribution < 1.29 is 0 Å². The zero-order valence-electron chi connectivity index (χ0n) is 11.4. The lowest BCUT2D eigenvalue weighted by molar-refractivity contribution is 0.947. The second kappa shape index (κ2) is 5.25. The van der Waals surface area contributed by atoms with Crippen molar-refractivity contribution in [2.45, 2.75) is 13.5 Å². The van der Waals surface area contributed by atoms with Gasteiger partial charge in [0, 0.05) is 24.3 Å². The number of halogens is 1. The minimum Gasteiger partial charge on any atom is -0.366 e. The van der Waals surface area contributed by atoms with Crippen molar-refractivity contribution in [1.82, 2.24) is 14.5 Å². The van der Waals surface area contributed by atoms with E-state index in [4.69, 9.17) is 0 Å². The number of nitrogens with zero attached hydrogens (tertiary/aromatic N) is 3. The molecule has 0 bridgehead atoms. The van der Waals surface area contributed by atoms with Crippen LogP contribution in [0.1, 0.15) is 11.1 Å². The van der Waals surface area contributed by atoms with Crippen molar-refractivity contribution in [3.05, 3.63) is 52.4 Å². The van der Waals surface area contributed by atoms with Crippen LogP contribution in [0.25, 0.3) is 11.0 Å². The molecule has 20 heavy (non-hydrogen) atoms. The third-order valence-corrected chi connectivity index (χ3v) is 4.14. The van der Waals surface area contributed by atoms with Gasteiger partial charge in [-0.25, -0.2) is 9.97 Å². The number of hydrogen-bond donors (Lipinski definition) is 1. The number of aromatic nitrogens is 3. The van der Waals surface area contributed by atoms with Crippen LogP contribution in [0.15, 0.2) is 41.3 Å². The SMILES string of the molecule is Cc1cc(NCc2ccc3c(c2)ncn3C)ncc1Br. The summed E-state index contributed by atoms with van der Waals surface area (Å²) < 4.78 is 3.05. The third-order valence-electron chi connectivity index (χ3n) is 3.31. The maximum atomic E-state index is 4.37. The molecule has 0 aliphatic heterocycles. The van der Waals surface area contributed by atoms with E-state index in [1.807, 2.05) is 30.2 Å². The minimum atomic E-state index is 0.737. The molecular formula is C15H15BrN4. The van der Waals surface area contributed by atoms with Crippen LogP contribution in [0.2, 0.25) is 0 Å². The van der Waals surface area contributed by atoms with Gasteiger partial charge in [0.2, 0.25) is 0 Å². The van der Waals surface area contributed by atoms with Crippen molar-refractivity contribution in [1.29, 1.82) is 0 Å². The third kappa shape index (κ3) is 2.54. The van der Waals surface area contributed by atoms with E-state index in [9.17, 15) is 0 Å². The first kappa shape index (κ1) is 13.1. The normalized spacial score (nSPS) is 10.9. The first-order chi connectivity index (χ1) is 9.63. The molecule has 3 rings (SSSR count).